The van der Waals surface area contributed by atoms with Gasteiger partial charge in [0.2, 0.25) is 5.79 Å². The number of nitrogens with zero attached hydrogens (tertiary/aromatic N) is 3. The maximum Gasteiger partial charge on any atom is 0.415 e. The molecule has 63 heavy (non-hydrogen) atoms. The number of benzene rings is 3. The highest BCUT2D eigenvalue weighted by molar-refractivity contribution is 7.98. The lowest BCUT2D eigenvalue weighted by atomic mass is 9.55. The molecule has 1 saturated carbocycles. The Labute approximate surface area is 372 Å². The first-order valence-electron chi connectivity index (χ1n) is 21.7. The van der Waals surface area contributed by atoms with Gasteiger partial charge in [-0.25, -0.2) is 4.79 Å². The number of aliphatic hydroxyl groups is 3. The van der Waals surface area contributed by atoms with E-state index in [0.717, 1.165) is 41.7 Å². The topological polar surface area (TPSA) is 192 Å². The van der Waals surface area contributed by atoms with Gasteiger partial charge in [0.25, 0.3) is 5.69 Å². The molecule has 3 aliphatic rings. The van der Waals surface area contributed by atoms with E-state index in [4.69, 9.17) is 33.7 Å². The van der Waals surface area contributed by atoms with Crippen LogP contribution in [0.25, 0.3) is 0 Å². The lowest BCUT2D eigenvalue weighted by Crippen LogP contribution is -2.70. The van der Waals surface area contributed by atoms with Crippen molar-refractivity contribution < 1.29 is 53.6 Å². The standard InChI is InChI=1S/C47H59N3O12S/c1-4-26-58-47-43(49(22-27-57-28-25-53)46(54)61-35-14-12-33(13-15-35)50(55)56)31-41(48-59-5-2)39-29-32(10-6-8-23-51)38(11-7-9-24-52)44(45(39)47)40-30-36(18-21-42(40)62-47)60-34-16-19-37(63-3)20-17-34/h4,12-21,29-30,32,38,43-45,51-53H,1,5-11,22-28,31H2,2-3H3/t32-,38+,43-,44+,45+,47+/m0/s1. The number of hydrogen-bond acceptors (Lipinski definition) is 14. The van der Waals surface area contributed by atoms with E-state index in [9.17, 15) is 30.2 Å². The first-order valence-corrected chi connectivity index (χ1v) is 22.9. The van der Waals surface area contributed by atoms with E-state index in [2.05, 4.69) is 12.7 Å². The molecule has 0 unspecified atom stereocenters. The van der Waals surface area contributed by atoms with Crippen molar-refractivity contribution in [2.75, 3.05) is 59.0 Å². The van der Waals surface area contributed by atoms with E-state index in [1.165, 1.54) is 29.2 Å². The summed E-state index contributed by atoms with van der Waals surface area (Å²) in [7, 11) is 0. The molecule has 15 nitrogen and oxygen atoms in total. The summed E-state index contributed by atoms with van der Waals surface area (Å²) < 4.78 is 32.5. The molecule has 1 aliphatic heterocycles. The average Bonchev–Trinajstić information content (AvgIpc) is 3.29. The zero-order valence-corrected chi connectivity index (χ0v) is 36.8. The molecule has 3 aromatic carbocycles. The Balaban J connectivity index is 1.55. The largest absolute Gasteiger partial charge is 0.459 e. The van der Waals surface area contributed by atoms with Gasteiger partial charge in [0.05, 0.1) is 43.0 Å². The van der Waals surface area contributed by atoms with Gasteiger partial charge in [-0.05, 0) is 111 Å². The number of thioether (sulfide) groups is 1. The summed E-state index contributed by atoms with van der Waals surface area (Å²) in [6.45, 7) is 6.10. The van der Waals surface area contributed by atoms with E-state index in [1.807, 2.05) is 55.6 Å². The molecule has 6 atom stereocenters. The summed E-state index contributed by atoms with van der Waals surface area (Å²) in [5.41, 5.74) is 2.21. The fourth-order valence-corrected chi connectivity index (χ4v) is 9.54. The van der Waals surface area contributed by atoms with Crippen molar-refractivity contribution in [3.05, 3.63) is 107 Å². The van der Waals surface area contributed by atoms with Gasteiger partial charge in [-0.1, -0.05) is 30.1 Å². The van der Waals surface area contributed by atoms with Crippen LogP contribution in [0.15, 0.2) is 101 Å². The predicted molar refractivity (Wildman–Crippen MR) is 239 cm³/mol. The van der Waals surface area contributed by atoms with Gasteiger partial charge in [-0.3, -0.25) is 15.0 Å². The van der Waals surface area contributed by atoms with E-state index >= 15 is 0 Å². The van der Waals surface area contributed by atoms with E-state index < -0.39 is 28.8 Å². The van der Waals surface area contributed by atoms with Crippen LogP contribution >= 0.6 is 11.8 Å². The van der Waals surface area contributed by atoms with Crippen LogP contribution in [0.4, 0.5) is 10.5 Å². The molecular weight excluding hydrogens is 831 g/mol. The SMILES string of the molecule is C=CCO[C@@]12Oc3ccc(Oc4ccc(SC)cc4)cc3[C@H]3[C@H](CCCCO)[C@@H](CCCCO)C=C(C(=NOCC)C[C@@H]1N(CCOCCO)C(=O)Oc1ccc([N+](=O)[O-])cc1)[C@H]32. The van der Waals surface area contributed by atoms with Crippen LogP contribution < -0.4 is 14.2 Å². The number of nitro benzene ring substituents is 1. The van der Waals surface area contributed by atoms with Crippen molar-refractivity contribution in [1.29, 1.82) is 0 Å². The Morgan fingerprint density at radius 3 is 2.37 bits per heavy atom. The maximum absolute atomic E-state index is 14.7. The summed E-state index contributed by atoms with van der Waals surface area (Å²) in [6.07, 6.45) is 9.56. The van der Waals surface area contributed by atoms with Crippen molar-refractivity contribution >= 4 is 29.3 Å². The Hall–Kier alpha value is -4.97. The normalized spacial score (nSPS) is 22.8. The van der Waals surface area contributed by atoms with E-state index in [0.29, 0.717) is 35.8 Å². The third-order valence-electron chi connectivity index (χ3n) is 11.8. The quantitative estimate of drug-likeness (QED) is 0.0256. The number of allylic oxidation sites excluding steroid dienone is 1. The number of nitro groups is 1. The van der Waals surface area contributed by atoms with E-state index in [1.54, 1.807) is 17.8 Å². The van der Waals surface area contributed by atoms with Crippen molar-refractivity contribution in [3.63, 3.8) is 0 Å². The monoisotopic (exact) mass is 889 g/mol. The zero-order chi connectivity index (χ0) is 44.8. The highest BCUT2D eigenvalue weighted by Crippen LogP contribution is 2.62. The smallest absolute Gasteiger partial charge is 0.415 e. The minimum atomic E-state index is -1.57. The summed E-state index contributed by atoms with van der Waals surface area (Å²) in [6, 6.07) is 18.0. The Morgan fingerprint density at radius 1 is 0.984 bits per heavy atom. The van der Waals surface area contributed by atoms with Crippen molar-refractivity contribution in [2.24, 2.45) is 22.9 Å². The predicted octanol–water partition coefficient (Wildman–Crippen LogP) is 8.27. The first kappa shape index (κ1) is 47.5. The van der Waals surface area contributed by atoms with E-state index in [-0.39, 0.29) is 88.4 Å². The second kappa shape index (κ2) is 23.1. The van der Waals surface area contributed by atoms with Gasteiger partial charge in [0, 0.05) is 54.7 Å². The molecule has 3 aromatic rings. The van der Waals surface area contributed by atoms with Gasteiger partial charge in [0.1, 0.15) is 35.6 Å². The number of carbonyl (C=O) groups excluding carboxylic acids is 1. The van der Waals surface area contributed by atoms with Gasteiger partial charge in [-0.15, -0.1) is 18.3 Å². The second-order valence-electron chi connectivity index (χ2n) is 15.6. The van der Waals surface area contributed by atoms with Gasteiger partial charge < -0.3 is 43.8 Å². The lowest BCUT2D eigenvalue weighted by molar-refractivity contribution is -0.384. The second-order valence-corrected chi connectivity index (χ2v) is 16.5. The Kier molecular flexibility index (Phi) is 17.4. The van der Waals surface area contributed by atoms with Crippen LogP contribution in [-0.4, -0.2) is 108 Å². The van der Waals surface area contributed by atoms with Gasteiger partial charge >= 0.3 is 6.09 Å². The maximum atomic E-state index is 14.7. The third-order valence-corrected chi connectivity index (χ3v) is 12.6. The zero-order valence-electron chi connectivity index (χ0n) is 36.0. The van der Waals surface area contributed by atoms with Crippen LogP contribution in [0.1, 0.15) is 63.4 Å². The number of non-ortho nitro benzene ring substituents is 1. The fraction of sp³-hybridized carbons (Fsp3) is 0.489. The van der Waals surface area contributed by atoms with Crippen LogP contribution in [0, 0.1) is 27.9 Å². The number of amides is 1. The molecule has 1 fully saturated rings. The molecule has 2 aliphatic carbocycles. The minimum absolute atomic E-state index is 0.0178. The van der Waals surface area contributed by atoms with Crippen LogP contribution in [0.5, 0.6) is 23.0 Å². The average molecular weight is 890 g/mol. The molecule has 0 radical (unpaired) electrons. The number of ether oxygens (including phenoxy) is 5. The van der Waals surface area contributed by atoms with Gasteiger partial charge in [-0.2, -0.15) is 0 Å². The molecule has 0 spiro atoms. The number of rotatable bonds is 24. The van der Waals surface area contributed by atoms with Crippen molar-refractivity contribution in [2.45, 2.75) is 74.5 Å². The number of fused-ring (bicyclic) bond motifs is 2. The van der Waals surface area contributed by atoms with Crippen molar-refractivity contribution in [1.82, 2.24) is 4.90 Å². The number of carbonyl (C=O) groups is 1. The van der Waals surface area contributed by atoms with Crippen LogP contribution in [0.2, 0.25) is 0 Å². The molecule has 0 aromatic heterocycles. The number of aliphatic hydroxyl groups excluding tert-OH is 3. The summed E-state index contributed by atoms with van der Waals surface area (Å²) in [4.78, 5) is 34.0. The number of hydrogen-bond donors (Lipinski definition) is 3. The molecule has 6 rings (SSSR count). The van der Waals surface area contributed by atoms with Crippen molar-refractivity contribution in [3.8, 4) is 23.0 Å². The summed E-state index contributed by atoms with van der Waals surface area (Å²) in [5.74, 6) is -0.533. The third kappa shape index (κ3) is 11.2. The fourth-order valence-electron chi connectivity index (χ4n) is 9.13. The Morgan fingerprint density at radius 2 is 1.70 bits per heavy atom. The summed E-state index contributed by atoms with van der Waals surface area (Å²) >= 11 is 1.64. The Bertz CT molecular complexity index is 2050. The molecule has 3 N–H and O–H groups in total. The molecule has 0 saturated heterocycles. The number of oxime groups is 1. The first-order chi connectivity index (χ1) is 30.7. The molecule has 1 heterocycles. The van der Waals surface area contributed by atoms with Crippen LogP contribution in [-0.2, 0) is 14.3 Å². The molecule has 340 valence electrons. The highest BCUT2D eigenvalue weighted by Gasteiger charge is 2.65. The summed E-state index contributed by atoms with van der Waals surface area (Å²) in [5, 5.41) is 45.5. The molecule has 0 bridgehead atoms. The highest BCUT2D eigenvalue weighted by atomic mass is 32.2. The molecule has 16 heteroatoms. The molecular formula is C47H59N3O12S. The minimum Gasteiger partial charge on any atom is -0.459 e. The molecule has 1 amide bonds. The van der Waals surface area contributed by atoms with Crippen LogP contribution in [0.3, 0.4) is 0 Å². The lowest BCUT2D eigenvalue weighted by Gasteiger charge is -2.59. The number of unbranched alkanes of at least 4 members (excludes halogenated alkanes) is 2. The van der Waals surface area contributed by atoms with Gasteiger partial charge in [0.15, 0.2) is 0 Å².